The SMILES string of the molecule is CCC(C)C(OO)C(O)(C(F)(F)F)C(F)(F)F. The quantitative estimate of drug-likeness (QED) is 0.469. The lowest BCUT2D eigenvalue weighted by Crippen LogP contribution is -2.66. The largest absolute Gasteiger partial charge is 0.429 e. The molecular weight excluding hydrogens is 258 g/mol. The summed E-state index contributed by atoms with van der Waals surface area (Å²) < 4.78 is 74.2. The van der Waals surface area contributed by atoms with Crippen LogP contribution >= 0.6 is 0 Å². The first kappa shape index (κ1) is 16.5. The van der Waals surface area contributed by atoms with Gasteiger partial charge >= 0.3 is 12.4 Å². The Morgan fingerprint density at radius 1 is 1.06 bits per heavy atom. The third kappa shape index (κ3) is 2.83. The average molecular weight is 270 g/mol. The van der Waals surface area contributed by atoms with Gasteiger partial charge in [0.1, 0.15) is 6.10 Å². The fourth-order valence-corrected chi connectivity index (χ4v) is 1.29. The number of alkyl halides is 6. The van der Waals surface area contributed by atoms with Gasteiger partial charge in [-0.25, -0.2) is 4.89 Å². The smallest absolute Gasteiger partial charge is 0.372 e. The molecule has 0 saturated heterocycles. The van der Waals surface area contributed by atoms with E-state index in [9.17, 15) is 26.3 Å². The van der Waals surface area contributed by atoms with E-state index in [1.165, 1.54) is 6.92 Å². The highest BCUT2D eigenvalue weighted by Gasteiger charge is 2.75. The molecule has 0 amide bonds. The van der Waals surface area contributed by atoms with E-state index in [4.69, 9.17) is 10.4 Å². The summed E-state index contributed by atoms with van der Waals surface area (Å²) in [6.07, 6.45) is -15.0. The van der Waals surface area contributed by atoms with Crippen molar-refractivity contribution in [1.82, 2.24) is 0 Å². The minimum absolute atomic E-state index is 0.153. The molecule has 104 valence electrons. The van der Waals surface area contributed by atoms with Gasteiger partial charge in [-0.1, -0.05) is 20.3 Å². The molecule has 0 spiro atoms. The zero-order valence-electron chi connectivity index (χ0n) is 8.93. The van der Waals surface area contributed by atoms with Crippen molar-refractivity contribution in [2.24, 2.45) is 5.92 Å². The van der Waals surface area contributed by atoms with Crippen LogP contribution in [0, 0.1) is 5.92 Å². The lowest BCUT2D eigenvalue weighted by atomic mass is 9.85. The monoisotopic (exact) mass is 270 g/mol. The molecule has 0 fully saturated rings. The van der Waals surface area contributed by atoms with Gasteiger partial charge in [0.05, 0.1) is 0 Å². The Balaban J connectivity index is 5.62. The third-order valence-corrected chi connectivity index (χ3v) is 2.55. The molecule has 9 heteroatoms. The normalized spacial score (nSPS) is 18.0. The maximum absolute atomic E-state index is 12.4. The predicted molar refractivity (Wildman–Crippen MR) is 44.0 cm³/mol. The number of hydrogen-bond donors (Lipinski definition) is 2. The van der Waals surface area contributed by atoms with Crippen molar-refractivity contribution >= 4 is 0 Å². The molecule has 0 aromatic carbocycles. The van der Waals surface area contributed by atoms with Crippen LogP contribution < -0.4 is 0 Å². The van der Waals surface area contributed by atoms with Gasteiger partial charge in [-0.05, 0) is 5.92 Å². The maximum Gasteiger partial charge on any atom is 0.429 e. The minimum atomic E-state index is -6.01. The molecule has 3 nitrogen and oxygen atoms in total. The van der Waals surface area contributed by atoms with Crippen LogP contribution in [0.1, 0.15) is 20.3 Å². The zero-order valence-corrected chi connectivity index (χ0v) is 8.93. The predicted octanol–water partition coefficient (Wildman–Crippen LogP) is 2.75. The summed E-state index contributed by atoms with van der Waals surface area (Å²) in [7, 11) is 0. The summed E-state index contributed by atoms with van der Waals surface area (Å²) >= 11 is 0. The van der Waals surface area contributed by atoms with Crippen molar-refractivity contribution in [2.45, 2.75) is 44.3 Å². The van der Waals surface area contributed by atoms with E-state index in [0.29, 0.717) is 0 Å². The lowest BCUT2D eigenvalue weighted by molar-refractivity contribution is -0.437. The Bertz CT molecular complexity index is 235. The van der Waals surface area contributed by atoms with Crippen LogP contribution in [0.2, 0.25) is 0 Å². The van der Waals surface area contributed by atoms with E-state index in [1.54, 1.807) is 0 Å². The minimum Gasteiger partial charge on any atom is -0.372 e. The third-order valence-electron chi connectivity index (χ3n) is 2.55. The molecule has 2 atom stereocenters. The summed E-state index contributed by atoms with van der Waals surface area (Å²) in [5, 5.41) is 17.1. The van der Waals surface area contributed by atoms with E-state index in [1.807, 2.05) is 0 Å². The Labute approximate surface area is 92.9 Å². The van der Waals surface area contributed by atoms with Crippen molar-refractivity contribution in [2.75, 3.05) is 0 Å². The molecule has 0 aromatic rings. The number of hydrogen-bond acceptors (Lipinski definition) is 3. The van der Waals surface area contributed by atoms with Crippen LogP contribution in [0.4, 0.5) is 26.3 Å². The summed E-state index contributed by atoms with van der Waals surface area (Å²) in [6.45, 7) is 2.28. The van der Waals surface area contributed by atoms with Gasteiger partial charge in [-0.15, -0.1) is 0 Å². The van der Waals surface area contributed by atoms with Crippen LogP contribution in [0.5, 0.6) is 0 Å². The second-order valence-corrected chi connectivity index (χ2v) is 3.67. The molecule has 0 aliphatic rings. The Morgan fingerprint density at radius 2 is 1.41 bits per heavy atom. The summed E-state index contributed by atoms with van der Waals surface area (Å²) in [5.74, 6) is -1.35. The van der Waals surface area contributed by atoms with Gasteiger partial charge in [-0.2, -0.15) is 26.3 Å². The van der Waals surface area contributed by atoms with Crippen LogP contribution in [0.25, 0.3) is 0 Å². The van der Waals surface area contributed by atoms with Gasteiger partial charge in [-0.3, -0.25) is 5.26 Å². The van der Waals surface area contributed by atoms with Crippen LogP contribution in [-0.4, -0.2) is 34.4 Å². The number of aliphatic hydroxyl groups is 1. The summed E-state index contributed by atoms with van der Waals surface area (Å²) in [4.78, 5) is 3.23. The van der Waals surface area contributed by atoms with E-state index < -0.39 is 30.0 Å². The average Bonchev–Trinajstić information content (AvgIpc) is 2.14. The molecule has 0 rings (SSSR count). The van der Waals surface area contributed by atoms with E-state index in [0.717, 1.165) is 6.92 Å². The van der Waals surface area contributed by atoms with Gasteiger partial charge in [0.25, 0.3) is 5.60 Å². The standard InChI is InChI=1S/C8H12F6O3/c1-3-4(2)5(17-16)6(15,7(9,10)11)8(12,13)14/h4-5,15-16H,3H2,1-2H3. The molecular formula is C8H12F6O3. The molecule has 0 aliphatic carbocycles. The van der Waals surface area contributed by atoms with Crippen molar-refractivity contribution < 1.29 is 41.6 Å². The number of halogens is 6. The van der Waals surface area contributed by atoms with Gasteiger partial charge in [0.2, 0.25) is 0 Å². The molecule has 0 radical (unpaired) electrons. The molecule has 0 aliphatic heterocycles. The Morgan fingerprint density at radius 3 is 1.59 bits per heavy atom. The fourth-order valence-electron chi connectivity index (χ4n) is 1.29. The highest BCUT2D eigenvalue weighted by Crippen LogP contribution is 2.48. The van der Waals surface area contributed by atoms with Crippen molar-refractivity contribution in [1.29, 1.82) is 0 Å². The van der Waals surface area contributed by atoms with Crippen LogP contribution in [-0.2, 0) is 4.89 Å². The first-order valence-corrected chi connectivity index (χ1v) is 4.59. The van der Waals surface area contributed by atoms with Crippen LogP contribution in [0.15, 0.2) is 0 Å². The summed E-state index contributed by atoms with van der Waals surface area (Å²) in [5.41, 5.74) is -5.11. The second kappa shape index (κ2) is 4.99. The van der Waals surface area contributed by atoms with Gasteiger partial charge in [0.15, 0.2) is 0 Å². The van der Waals surface area contributed by atoms with E-state index in [2.05, 4.69) is 4.89 Å². The topological polar surface area (TPSA) is 49.7 Å². The molecule has 17 heavy (non-hydrogen) atoms. The van der Waals surface area contributed by atoms with Crippen molar-refractivity contribution in [3.05, 3.63) is 0 Å². The van der Waals surface area contributed by atoms with Gasteiger partial charge in [0, 0.05) is 0 Å². The lowest BCUT2D eigenvalue weighted by Gasteiger charge is -2.39. The molecule has 2 N–H and O–H groups in total. The first-order chi connectivity index (χ1) is 7.43. The molecule has 0 saturated carbocycles. The maximum atomic E-state index is 12.4. The molecule has 0 bridgehead atoms. The highest BCUT2D eigenvalue weighted by atomic mass is 19.4. The fraction of sp³-hybridized carbons (Fsp3) is 1.00. The Hall–Kier alpha value is -0.540. The number of rotatable bonds is 4. The molecule has 2 unspecified atom stereocenters. The van der Waals surface area contributed by atoms with Crippen molar-refractivity contribution in [3.63, 3.8) is 0 Å². The summed E-state index contributed by atoms with van der Waals surface area (Å²) in [6, 6.07) is 0. The van der Waals surface area contributed by atoms with E-state index in [-0.39, 0.29) is 6.42 Å². The van der Waals surface area contributed by atoms with Gasteiger partial charge < -0.3 is 5.11 Å². The Kier molecular flexibility index (Phi) is 4.83. The van der Waals surface area contributed by atoms with E-state index >= 15 is 0 Å². The van der Waals surface area contributed by atoms with Crippen molar-refractivity contribution in [3.8, 4) is 0 Å². The van der Waals surface area contributed by atoms with Crippen LogP contribution in [0.3, 0.4) is 0 Å². The molecule has 0 heterocycles. The highest BCUT2D eigenvalue weighted by molar-refractivity contribution is 5.01. The molecule has 0 aromatic heterocycles. The first-order valence-electron chi connectivity index (χ1n) is 4.59. The second-order valence-electron chi connectivity index (χ2n) is 3.67. The zero-order chi connectivity index (χ0) is 14.1.